The molecule has 1 aromatic rings. The van der Waals surface area contributed by atoms with E-state index in [1.807, 2.05) is 7.05 Å². The Balaban J connectivity index is 2.35. The van der Waals surface area contributed by atoms with Gasteiger partial charge in [0, 0.05) is 25.7 Å². The molecule has 15 heavy (non-hydrogen) atoms. The molecular formula is C11H18N4. The first kappa shape index (κ1) is 10.2. The van der Waals surface area contributed by atoms with E-state index in [0.717, 1.165) is 18.1 Å². The van der Waals surface area contributed by atoms with Crippen LogP contribution < -0.4 is 10.2 Å². The second-order valence-corrected chi connectivity index (χ2v) is 3.97. The second kappa shape index (κ2) is 4.04. The molecular weight excluding hydrogens is 188 g/mol. The quantitative estimate of drug-likeness (QED) is 0.813. The van der Waals surface area contributed by atoms with Gasteiger partial charge in [-0.15, -0.1) is 0 Å². The van der Waals surface area contributed by atoms with Crippen molar-refractivity contribution in [2.45, 2.75) is 32.2 Å². The Morgan fingerprint density at radius 2 is 2.20 bits per heavy atom. The van der Waals surface area contributed by atoms with Crippen LogP contribution in [0.2, 0.25) is 0 Å². The maximum atomic E-state index is 4.39. The SMILES string of the molecule is CCc1c(NC)ncnc1N(C)C1CC1. The van der Waals surface area contributed by atoms with E-state index in [2.05, 4.69) is 34.2 Å². The molecule has 1 heterocycles. The molecule has 0 saturated heterocycles. The van der Waals surface area contributed by atoms with Gasteiger partial charge < -0.3 is 10.2 Å². The molecule has 0 spiro atoms. The minimum Gasteiger partial charge on any atom is -0.373 e. The third-order valence-corrected chi connectivity index (χ3v) is 2.94. The molecule has 0 bridgehead atoms. The topological polar surface area (TPSA) is 41.1 Å². The lowest BCUT2D eigenvalue weighted by atomic mass is 10.2. The van der Waals surface area contributed by atoms with Crippen molar-refractivity contribution < 1.29 is 0 Å². The van der Waals surface area contributed by atoms with Crippen LogP contribution in [0.4, 0.5) is 11.6 Å². The monoisotopic (exact) mass is 206 g/mol. The normalized spacial score (nSPS) is 15.1. The van der Waals surface area contributed by atoms with E-state index >= 15 is 0 Å². The van der Waals surface area contributed by atoms with Gasteiger partial charge in [0.15, 0.2) is 0 Å². The molecule has 0 aromatic carbocycles. The number of hydrogen-bond acceptors (Lipinski definition) is 4. The number of anilines is 2. The molecule has 0 unspecified atom stereocenters. The largest absolute Gasteiger partial charge is 0.373 e. The summed E-state index contributed by atoms with van der Waals surface area (Å²) in [7, 11) is 4.03. The summed E-state index contributed by atoms with van der Waals surface area (Å²) in [5, 5.41) is 3.12. The third-order valence-electron chi connectivity index (χ3n) is 2.94. The van der Waals surface area contributed by atoms with Gasteiger partial charge in [0.2, 0.25) is 0 Å². The molecule has 1 aliphatic carbocycles. The highest BCUT2D eigenvalue weighted by Crippen LogP contribution is 2.32. The van der Waals surface area contributed by atoms with Gasteiger partial charge >= 0.3 is 0 Å². The number of rotatable bonds is 4. The molecule has 0 atom stereocenters. The van der Waals surface area contributed by atoms with Crippen molar-refractivity contribution in [2.75, 3.05) is 24.3 Å². The van der Waals surface area contributed by atoms with Crippen molar-refractivity contribution >= 4 is 11.6 Å². The van der Waals surface area contributed by atoms with Gasteiger partial charge in [0.25, 0.3) is 0 Å². The first-order valence-electron chi connectivity index (χ1n) is 5.52. The lowest BCUT2D eigenvalue weighted by molar-refractivity contribution is 0.866. The molecule has 2 rings (SSSR count). The Bertz CT molecular complexity index is 346. The Hall–Kier alpha value is -1.32. The summed E-state index contributed by atoms with van der Waals surface area (Å²) >= 11 is 0. The number of nitrogens with one attached hydrogen (secondary N) is 1. The van der Waals surface area contributed by atoms with Crippen LogP contribution in [0, 0.1) is 0 Å². The van der Waals surface area contributed by atoms with Gasteiger partial charge in [-0.1, -0.05) is 6.92 Å². The van der Waals surface area contributed by atoms with Gasteiger partial charge in [-0.25, -0.2) is 9.97 Å². The van der Waals surface area contributed by atoms with Crippen molar-refractivity contribution in [3.8, 4) is 0 Å². The first-order valence-corrected chi connectivity index (χ1v) is 5.52. The summed E-state index contributed by atoms with van der Waals surface area (Å²) in [6.07, 6.45) is 5.18. The van der Waals surface area contributed by atoms with Crippen LogP contribution in [-0.2, 0) is 6.42 Å². The van der Waals surface area contributed by atoms with Gasteiger partial charge in [0.1, 0.15) is 18.0 Å². The predicted octanol–water partition coefficient (Wildman–Crippen LogP) is 1.68. The summed E-state index contributed by atoms with van der Waals surface area (Å²) in [4.78, 5) is 10.9. The average molecular weight is 206 g/mol. The molecule has 0 aliphatic heterocycles. The standard InChI is InChI=1S/C11H18N4/c1-4-9-10(12-2)13-7-14-11(9)15(3)8-5-6-8/h7-8H,4-6H2,1-3H3,(H,12,13,14). The molecule has 1 N–H and O–H groups in total. The van der Waals surface area contributed by atoms with E-state index < -0.39 is 0 Å². The number of aromatic nitrogens is 2. The molecule has 4 nitrogen and oxygen atoms in total. The molecule has 1 aliphatic rings. The minimum absolute atomic E-state index is 0.690. The number of nitrogens with zero attached hydrogens (tertiary/aromatic N) is 3. The summed E-state index contributed by atoms with van der Waals surface area (Å²) < 4.78 is 0. The summed E-state index contributed by atoms with van der Waals surface area (Å²) in [6, 6.07) is 0.690. The van der Waals surface area contributed by atoms with Crippen LogP contribution in [0.3, 0.4) is 0 Å². The van der Waals surface area contributed by atoms with Crippen molar-refractivity contribution in [1.82, 2.24) is 9.97 Å². The van der Waals surface area contributed by atoms with Crippen molar-refractivity contribution in [3.63, 3.8) is 0 Å². The zero-order valence-corrected chi connectivity index (χ0v) is 9.62. The Kier molecular flexibility index (Phi) is 2.75. The van der Waals surface area contributed by atoms with E-state index in [1.165, 1.54) is 18.4 Å². The Morgan fingerprint density at radius 1 is 1.47 bits per heavy atom. The highest BCUT2D eigenvalue weighted by molar-refractivity contribution is 5.59. The highest BCUT2D eigenvalue weighted by Gasteiger charge is 2.28. The smallest absolute Gasteiger partial charge is 0.137 e. The van der Waals surface area contributed by atoms with E-state index in [-0.39, 0.29) is 0 Å². The van der Waals surface area contributed by atoms with Crippen molar-refractivity contribution in [3.05, 3.63) is 11.9 Å². The fourth-order valence-corrected chi connectivity index (χ4v) is 1.88. The molecule has 1 aromatic heterocycles. The molecule has 0 amide bonds. The highest BCUT2D eigenvalue weighted by atomic mass is 15.2. The molecule has 1 saturated carbocycles. The van der Waals surface area contributed by atoms with E-state index in [9.17, 15) is 0 Å². The second-order valence-electron chi connectivity index (χ2n) is 3.97. The summed E-state index contributed by atoms with van der Waals surface area (Å²) in [6.45, 7) is 2.14. The first-order chi connectivity index (χ1) is 7.27. The third kappa shape index (κ3) is 1.89. The van der Waals surface area contributed by atoms with Crippen molar-refractivity contribution in [1.29, 1.82) is 0 Å². The fraction of sp³-hybridized carbons (Fsp3) is 0.636. The fourth-order valence-electron chi connectivity index (χ4n) is 1.88. The maximum absolute atomic E-state index is 4.39. The molecule has 82 valence electrons. The van der Waals surface area contributed by atoms with Crippen LogP contribution in [0.15, 0.2) is 6.33 Å². The zero-order valence-electron chi connectivity index (χ0n) is 9.62. The number of hydrogen-bond donors (Lipinski definition) is 1. The summed E-state index contributed by atoms with van der Waals surface area (Å²) in [5.74, 6) is 2.04. The van der Waals surface area contributed by atoms with Gasteiger partial charge in [-0.2, -0.15) is 0 Å². The van der Waals surface area contributed by atoms with Crippen molar-refractivity contribution in [2.24, 2.45) is 0 Å². The van der Waals surface area contributed by atoms with Gasteiger partial charge in [0.05, 0.1) is 0 Å². The van der Waals surface area contributed by atoms with E-state index in [0.29, 0.717) is 6.04 Å². The van der Waals surface area contributed by atoms with Crippen LogP contribution in [0.5, 0.6) is 0 Å². The van der Waals surface area contributed by atoms with Crippen LogP contribution >= 0.6 is 0 Å². The van der Waals surface area contributed by atoms with Gasteiger partial charge in [-0.3, -0.25) is 0 Å². The molecule has 0 radical (unpaired) electrons. The zero-order chi connectivity index (χ0) is 10.8. The molecule has 1 fully saturated rings. The minimum atomic E-state index is 0.690. The molecule has 4 heteroatoms. The average Bonchev–Trinajstić information content (AvgIpc) is 3.10. The lowest BCUT2D eigenvalue weighted by Gasteiger charge is -2.21. The predicted molar refractivity (Wildman–Crippen MR) is 62.4 cm³/mol. The van der Waals surface area contributed by atoms with Crippen LogP contribution in [0.25, 0.3) is 0 Å². The Labute approximate surface area is 90.7 Å². The lowest BCUT2D eigenvalue weighted by Crippen LogP contribution is -2.23. The van der Waals surface area contributed by atoms with E-state index in [1.54, 1.807) is 6.33 Å². The van der Waals surface area contributed by atoms with Crippen LogP contribution in [0.1, 0.15) is 25.3 Å². The Morgan fingerprint density at radius 3 is 2.73 bits per heavy atom. The summed E-state index contributed by atoms with van der Waals surface area (Å²) in [5.41, 5.74) is 1.22. The maximum Gasteiger partial charge on any atom is 0.137 e. The van der Waals surface area contributed by atoms with Gasteiger partial charge in [-0.05, 0) is 19.3 Å². The van der Waals surface area contributed by atoms with Crippen LogP contribution in [-0.4, -0.2) is 30.1 Å². The van der Waals surface area contributed by atoms with E-state index in [4.69, 9.17) is 0 Å².